The van der Waals surface area contributed by atoms with Crippen LogP contribution >= 0.6 is 0 Å². The summed E-state index contributed by atoms with van der Waals surface area (Å²) in [5.74, 6) is 0.689. The maximum atomic E-state index is 8.74. The van der Waals surface area contributed by atoms with Crippen molar-refractivity contribution in [1.29, 1.82) is 5.26 Å². The quantitative estimate of drug-likeness (QED) is 0.868. The van der Waals surface area contributed by atoms with Crippen LogP contribution in [0.3, 0.4) is 0 Å². The second kappa shape index (κ2) is 5.08. The van der Waals surface area contributed by atoms with Gasteiger partial charge < -0.3 is 5.32 Å². The maximum absolute atomic E-state index is 8.74. The third kappa shape index (κ3) is 2.79. The number of hydrogen-bond donors (Lipinski definition) is 1. The van der Waals surface area contributed by atoms with Crippen LogP contribution in [-0.4, -0.2) is 9.97 Å². The highest BCUT2D eigenvalue weighted by atomic mass is 15.0. The van der Waals surface area contributed by atoms with E-state index >= 15 is 0 Å². The lowest BCUT2D eigenvalue weighted by Crippen LogP contribution is -2.05. The molecule has 1 N–H and O–H groups in total. The summed E-state index contributed by atoms with van der Waals surface area (Å²) >= 11 is 0. The van der Waals surface area contributed by atoms with Gasteiger partial charge in [-0.05, 0) is 30.7 Å². The molecule has 0 aliphatic heterocycles. The van der Waals surface area contributed by atoms with E-state index in [4.69, 9.17) is 5.26 Å². The number of nitriles is 1. The summed E-state index contributed by atoms with van der Waals surface area (Å²) in [5, 5.41) is 11.9. The van der Waals surface area contributed by atoms with E-state index in [0.717, 1.165) is 11.3 Å². The van der Waals surface area contributed by atoms with E-state index in [-0.39, 0.29) is 0 Å². The number of anilines is 1. The molecule has 0 aromatic carbocycles. The Morgan fingerprint density at radius 1 is 1.29 bits per heavy atom. The third-order valence-corrected chi connectivity index (χ3v) is 2.42. The average Bonchev–Trinajstić information content (AvgIpc) is 2.38. The van der Waals surface area contributed by atoms with Gasteiger partial charge in [-0.3, -0.25) is 4.98 Å². The van der Waals surface area contributed by atoms with Gasteiger partial charge in [0.05, 0.1) is 12.2 Å². The molecule has 0 spiro atoms. The smallest absolute Gasteiger partial charge is 0.142 e. The van der Waals surface area contributed by atoms with Crippen LogP contribution < -0.4 is 5.32 Å². The Kier molecular flexibility index (Phi) is 3.31. The first-order chi connectivity index (χ1) is 8.29. The molecule has 0 saturated carbocycles. The van der Waals surface area contributed by atoms with Crippen LogP contribution in [0, 0.1) is 18.3 Å². The highest BCUT2D eigenvalue weighted by Crippen LogP contribution is 2.08. The van der Waals surface area contributed by atoms with Crippen molar-refractivity contribution >= 4 is 5.82 Å². The van der Waals surface area contributed by atoms with Gasteiger partial charge in [0.25, 0.3) is 0 Å². The van der Waals surface area contributed by atoms with Gasteiger partial charge in [0.15, 0.2) is 0 Å². The normalized spacial score (nSPS) is 9.65. The fraction of sp³-hybridized carbons (Fsp3) is 0.154. The number of nitrogens with zero attached hydrogens (tertiary/aromatic N) is 3. The van der Waals surface area contributed by atoms with Gasteiger partial charge in [0.1, 0.15) is 17.6 Å². The molecule has 2 aromatic heterocycles. The highest BCUT2D eigenvalue weighted by molar-refractivity contribution is 5.39. The Balaban J connectivity index is 2.08. The molecule has 0 radical (unpaired) electrons. The number of nitrogens with one attached hydrogen (secondary N) is 1. The van der Waals surface area contributed by atoms with Crippen LogP contribution in [0.25, 0.3) is 0 Å². The Labute approximate surface area is 100.0 Å². The Hall–Kier alpha value is -2.41. The minimum atomic E-state index is 0.410. The molecule has 0 unspecified atom stereocenters. The van der Waals surface area contributed by atoms with Crippen molar-refractivity contribution in [2.75, 3.05) is 5.32 Å². The number of aryl methyl sites for hydroxylation is 1. The maximum Gasteiger partial charge on any atom is 0.142 e. The molecule has 4 heteroatoms. The van der Waals surface area contributed by atoms with Crippen molar-refractivity contribution in [2.24, 2.45) is 0 Å². The van der Waals surface area contributed by atoms with E-state index < -0.39 is 0 Å². The monoisotopic (exact) mass is 224 g/mol. The van der Waals surface area contributed by atoms with Gasteiger partial charge in [-0.25, -0.2) is 4.98 Å². The largest absolute Gasteiger partial charge is 0.364 e. The molecule has 0 atom stereocenters. The Morgan fingerprint density at radius 2 is 2.18 bits per heavy atom. The van der Waals surface area contributed by atoms with Gasteiger partial charge >= 0.3 is 0 Å². The van der Waals surface area contributed by atoms with Crippen LogP contribution in [0.2, 0.25) is 0 Å². The van der Waals surface area contributed by atoms with Crippen molar-refractivity contribution in [3.05, 3.63) is 53.5 Å². The summed E-state index contributed by atoms with van der Waals surface area (Å²) in [6.07, 6.45) is 1.77. The van der Waals surface area contributed by atoms with Crippen LogP contribution in [0.5, 0.6) is 0 Å². The van der Waals surface area contributed by atoms with E-state index in [1.165, 1.54) is 0 Å². The number of aromatic nitrogens is 2. The Bertz CT molecular complexity index is 557. The summed E-state index contributed by atoms with van der Waals surface area (Å²) in [6, 6.07) is 11.3. The van der Waals surface area contributed by atoms with Crippen LogP contribution in [-0.2, 0) is 6.54 Å². The first-order valence-electron chi connectivity index (χ1n) is 5.31. The average molecular weight is 224 g/mol. The van der Waals surface area contributed by atoms with Gasteiger partial charge in [0.2, 0.25) is 0 Å². The third-order valence-electron chi connectivity index (χ3n) is 2.42. The van der Waals surface area contributed by atoms with Crippen LogP contribution in [0.15, 0.2) is 36.5 Å². The first kappa shape index (κ1) is 11.1. The topological polar surface area (TPSA) is 61.6 Å². The molecule has 0 fully saturated rings. The SMILES string of the molecule is Cc1cccnc1CNc1cccc(C#N)n1. The van der Waals surface area contributed by atoms with Crippen LogP contribution in [0.1, 0.15) is 17.0 Å². The number of pyridine rings is 2. The Morgan fingerprint density at radius 3 is 2.94 bits per heavy atom. The molecule has 17 heavy (non-hydrogen) atoms. The van der Waals surface area contributed by atoms with E-state index in [9.17, 15) is 0 Å². The fourth-order valence-corrected chi connectivity index (χ4v) is 1.47. The molecular weight excluding hydrogens is 212 g/mol. The predicted molar refractivity (Wildman–Crippen MR) is 65.3 cm³/mol. The summed E-state index contributed by atoms with van der Waals surface area (Å²) in [4.78, 5) is 8.42. The number of hydrogen-bond acceptors (Lipinski definition) is 4. The van der Waals surface area contributed by atoms with Crippen molar-refractivity contribution in [3.63, 3.8) is 0 Å². The molecule has 84 valence electrons. The first-order valence-corrected chi connectivity index (χ1v) is 5.31. The zero-order chi connectivity index (χ0) is 12.1. The van der Waals surface area contributed by atoms with E-state index in [2.05, 4.69) is 15.3 Å². The highest BCUT2D eigenvalue weighted by Gasteiger charge is 2.00. The lowest BCUT2D eigenvalue weighted by Gasteiger charge is -2.07. The molecule has 0 saturated heterocycles. The molecule has 2 rings (SSSR count). The summed E-state index contributed by atoms with van der Waals surface area (Å²) < 4.78 is 0. The summed E-state index contributed by atoms with van der Waals surface area (Å²) in [7, 11) is 0. The lowest BCUT2D eigenvalue weighted by molar-refractivity contribution is 1.00. The molecule has 2 aromatic rings. The molecule has 0 aliphatic carbocycles. The van der Waals surface area contributed by atoms with Gasteiger partial charge in [-0.2, -0.15) is 5.26 Å². The number of rotatable bonds is 3. The second-order valence-electron chi connectivity index (χ2n) is 3.64. The molecule has 0 bridgehead atoms. The van der Waals surface area contributed by atoms with E-state index in [1.807, 2.05) is 31.2 Å². The van der Waals surface area contributed by atoms with E-state index in [0.29, 0.717) is 18.1 Å². The van der Waals surface area contributed by atoms with Crippen molar-refractivity contribution in [2.45, 2.75) is 13.5 Å². The lowest BCUT2D eigenvalue weighted by atomic mass is 10.2. The standard InChI is InChI=1S/C13H12N4/c1-10-4-3-7-15-12(10)9-16-13-6-2-5-11(8-14)17-13/h2-7H,9H2,1H3,(H,16,17). The van der Waals surface area contributed by atoms with Gasteiger partial charge in [-0.1, -0.05) is 12.1 Å². The minimum absolute atomic E-state index is 0.410. The predicted octanol–water partition coefficient (Wildman–Crippen LogP) is 2.27. The van der Waals surface area contributed by atoms with Crippen molar-refractivity contribution < 1.29 is 0 Å². The molecule has 2 heterocycles. The summed E-state index contributed by atoms with van der Waals surface area (Å²) in [5.41, 5.74) is 2.53. The minimum Gasteiger partial charge on any atom is -0.364 e. The molecule has 0 amide bonds. The molecular formula is C13H12N4. The summed E-state index contributed by atoms with van der Waals surface area (Å²) in [6.45, 7) is 2.62. The zero-order valence-corrected chi connectivity index (χ0v) is 9.51. The van der Waals surface area contributed by atoms with E-state index in [1.54, 1.807) is 18.3 Å². The van der Waals surface area contributed by atoms with Crippen molar-refractivity contribution in [3.8, 4) is 6.07 Å². The second-order valence-corrected chi connectivity index (χ2v) is 3.64. The van der Waals surface area contributed by atoms with Gasteiger partial charge in [-0.15, -0.1) is 0 Å². The van der Waals surface area contributed by atoms with Crippen LogP contribution in [0.4, 0.5) is 5.82 Å². The molecule has 4 nitrogen and oxygen atoms in total. The fourth-order valence-electron chi connectivity index (χ4n) is 1.47. The zero-order valence-electron chi connectivity index (χ0n) is 9.51. The molecule has 0 aliphatic rings. The van der Waals surface area contributed by atoms with Gasteiger partial charge in [0, 0.05) is 6.20 Å². The van der Waals surface area contributed by atoms with Crippen molar-refractivity contribution in [1.82, 2.24) is 9.97 Å².